The SMILES string of the molecule is C=CCN(Cc1ccc(C#N)cc1)C(=O)c1sc(Cc2ccc(F)cc2)nc1C. The Bertz CT molecular complexity index is 1050. The zero-order valence-corrected chi connectivity index (χ0v) is 16.9. The molecule has 2 aromatic carbocycles. The molecule has 0 saturated heterocycles. The minimum atomic E-state index is -0.275. The van der Waals surface area contributed by atoms with Crippen LogP contribution in [0.2, 0.25) is 0 Å². The van der Waals surface area contributed by atoms with Crippen molar-refractivity contribution in [2.24, 2.45) is 0 Å². The van der Waals surface area contributed by atoms with E-state index in [2.05, 4.69) is 17.6 Å². The number of hydrogen-bond donors (Lipinski definition) is 0. The van der Waals surface area contributed by atoms with Gasteiger partial charge in [-0.2, -0.15) is 5.26 Å². The van der Waals surface area contributed by atoms with Crippen LogP contribution < -0.4 is 0 Å². The van der Waals surface area contributed by atoms with Gasteiger partial charge in [-0.05, 0) is 42.3 Å². The second-order valence-electron chi connectivity index (χ2n) is 6.61. The Hall–Kier alpha value is -3.30. The number of thiazole rings is 1. The fourth-order valence-corrected chi connectivity index (χ4v) is 3.99. The molecule has 0 radical (unpaired) electrons. The molecular formula is C23H20FN3OS. The molecule has 0 atom stereocenters. The summed E-state index contributed by atoms with van der Waals surface area (Å²) < 4.78 is 13.1. The van der Waals surface area contributed by atoms with Crippen LogP contribution in [0, 0.1) is 24.1 Å². The van der Waals surface area contributed by atoms with Crippen molar-refractivity contribution in [1.82, 2.24) is 9.88 Å². The first-order valence-corrected chi connectivity index (χ1v) is 9.91. The normalized spacial score (nSPS) is 10.4. The van der Waals surface area contributed by atoms with Gasteiger partial charge in [0, 0.05) is 19.5 Å². The molecule has 4 nitrogen and oxygen atoms in total. The summed E-state index contributed by atoms with van der Waals surface area (Å²) in [6.07, 6.45) is 2.24. The molecule has 0 spiro atoms. The van der Waals surface area contributed by atoms with Crippen molar-refractivity contribution in [2.45, 2.75) is 19.9 Å². The van der Waals surface area contributed by atoms with Crippen molar-refractivity contribution in [1.29, 1.82) is 5.26 Å². The number of amides is 1. The van der Waals surface area contributed by atoms with E-state index >= 15 is 0 Å². The highest BCUT2D eigenvalue weighted by molar-refractivity contribution is 7.13. The minimum absolute atomic E-state index is 0.102. The van der Waals surface area contributed by atoms with Gasteiger partial charge in [0.15, 0.2) is 0 Å². The van der Waals surface area contributed by atoms with Crippen LogP contribution in [0.3, 0.4) is 0 Å². The third-order valence-electron chi connectivity index (χ3n) is 4.40. The topological polar surface area (TPSA) is 57.0 Å². The van der Waals surface area contributed by atoms with Crippen molar-refractivity contribution in [2.75, 3.05) is 6.54 Å². The lowest BCUT2D eigenvalue weighted by molar-refractivity contribution is 0.0766. The van der Waals surface area contributed by atoms with Gasteiger partial charge in [0.1, 0.15) is 10.7 Å². The zero-order valence-electron chi connectivity index (χ0n) is 16.1. The van der Waals surface area contributed by atoms with Crippen LogP contribution in [0.5, 0.6) is 0 Å². The molecule has 6 heteroatoms. The molecule has 0 aliphatic heterocycles. The molecule has 0 aliphatic carbocycles. The monoisotopic (exact) mass is 405 g/mol. The molecule has 3 rings (SSSR count). The summed E-state index contributed by atoms with van der Waals surface area (Å²) in [5.74, 6) is -0.377. The smallest absolute Gasteiger partial charge is 0.266 e. The van der Waals surface area contributed by atoms with Crippen molar-refractivity contribution in [3.8, 4) is 6.07 Å². The van der Waals surface area contributed by atoms with Gasteiger partial charge in [-0.1, -0.05) is 30.3 Å². The first kappa shape index (κ1) is 20.4. The zero-order chi connectivity index (χ0) is 20.8. The third-order valence-corrected chi connectivity index (χ3v) is 5.54. The van der Waals surface area contributed by atoms with Gasteiger partial charge < -0.3 is 4.90 Å². The van der Waals surface area contributed by atoms with E-state index in [-0.39, 0.29) is 11.7 Å². The van der Waals surface area contributed by atoms with Crippen LogP contribution in [0.25, 0.3) is 0 Å². The standard InChI is InChI=1S/C23H20FN3OS/c1-3-12-27(15-19-6-4-18(14-25)5-7-19)23(28)22-16(2)26-21(29-22)13-17-8-10-20(24)11-9-17/h3-11H,1,12-13,15H2,2H3. The van der Waals surface area contributed by atoms with Gasteiger partial charge in [0.2, 0.25) is 0 Å². The van der Waals surface area contributed by atoms with Crippen molar-refractivity contribution < 1.29 is 9.18 Å². The number of aromatic nitrogens is 1. The van der Waals surface area contributed by atoms with Crippen molar-refractivity contribution in [3.63, 3.8) is 0 Å². The fourth-order valence-electron chi connectivity index (χ4n) is 2.93. The predicted octanol–water partition coefficient (Wildman–Crippen LogP) is 4.88. The van der Waals surface area contributed by atoms with E-state index in [4.69, 9.17) is 5.26 Å². The molecular weight excluding hydrogens is 385 g/mol. The predicted molar refractivity (Wildman–Crippen MR) is 112 cm³/mol. The lowest BCUT2D eigenvalue weighted by Crippen LogP contribution is -2.30. The summed E-state index contributed by atoms with van der Waals surface area (Å²) in [6, 6.07) is 15.6. The number of carbonyl (C=O) groups excluding carboxylic acids is 1. The molecule has 0 unspecified atom stereocenters. The van der Waals surface area contributed by atoms with Crippen LogP contribution in [0.1, 0.15) is 37.1 Å². The van der Waals surface area contributed by atoms with Gasteiger partial charge in [0.05, 0.1) is 22.3 Å². The van der Waals surface area contributed by atoms with E-state index in [1.807, 2.05) is 19.1 Å². The summed E-state index contributed by atoms with van der Waals surface area (Å²) in [5, 5.41) is 9.75. The minimum Gasteiger partial charge on any atom is -0.330 e. The van der Waals surface area contributed by atoms with E-state index in [0.29, 0.717) is 35.6 Å². The van der Waals surface area contributed by atoms with Crippen LogP contribution in [-0.4, -0.2) is 22.3 Å². The summed E-state index contributed by atoms with van der Waals surface area (Å²) in [7, 11) is 0. The van der Waals surface area contributed by atoms with Crippen molar-refractivity contribution in [3.05, 3.63) is 99.3 Å². The number of aryl methyl sites for hydroxylation is 1. The van der Waals surface area contributed by atoms with Gasteiger partial charge in [-0.25, -0.2) is 9.37 Å². The van der Waals surface area contributed by atoms with E-state index in [9.17, 15) is 9.18 Å². The van der Waals surface area contributed by atoms with E-state index in [1.165, 1.54) is 23.5 Å². The highest BCUT2D eigenvalue weighted by Crippen LogP contribution is 2.23. The maximum absolute atomic E-state index is 13.1. The Labute approximate surface area is 173 Å². The number of hydrogen-bond acceptors (Lipinski definition) is 4. The molecule has 0 saturated carbocycles. The molecule has 29 heavy (non-hydrogen) atoms. The second kappa shape index (κ2) is 9.26. The number of carbonyl (C=O) groups is 1. The molecule has 0 N–H and O–H groups in total. The highest BCUT2D eigenvalue weighted by atomic mass is 32.1. The van der Waals surface area contributed by atoms with Crippen LogP contribution >= 0.6 is 11.3 Å². The number of nitrogens with zero attached hydrogens (tertiary/aromatic N) is 3. The first-order chi connectivity index (χ1) is 14.0. The molecule has 0 aliphatic rings. The number of halogens is 1. The van der Waals surface area contributed by atoms with Gasteiger partial charge in [0.25, 0.3) is 5.91 Å². The van der Waals surface area contributed by atoms with Crippen LogP contribution in [0.4, 0.5) is 4.39 Å². The summed E-state index contributed by atoms with van der Waals surface area (Å²) in [4.78, 5) is 20.0. The fraction of sp³-hybridized carbons (Fsp3) is 0.174. The van der Waals surface area contributed by atoms with Crippen LogP contribution in [0.15, 0.2) is 61.2 Å². The summed E-state index contributed by atoms with van der Waals surface area (Å²) >= 11 is 1.36. The Morgan fingerprint density at radius 3 is 2.48 bits per heavy atom. The second-order valence-corrected chi connectivity index (χ2v) is 7.69. The Morgan fingerprint density at radius 1 is 1.21 bits per heavy atom. The first-order valence-electron chi connectivity index (χ1n) is 9.10. The molecule has 0 bridgehead atoms. The maximum atomic E-state index is 13.1. The van der Waals surface area contributed by atoms with Crippen molar-refractivity contribution >= 4 is 17.2 Å². The maximum Gasteiger partial charge on any atom is 0.266 e. The molecule has 3 aromatic rings. The number of benzene rings is 2. The van der Waals surface area contributed by atoms with Crippen LogP contribution in [-0.2, 0) is 13.0 Å². The van der Waals surface area contributed by atoms with E-state index in [0.717, 1.165) is 16.1 Å². The molecule has 146 valence electrons. The van der Waals surface area contributed by atoms with Gasteiger partial charge in [-0.3, -0.25) is 4.79 Å². The Balaban J connectivity index is 1.78. The lowest BCUT2D eigenvalue weighted by Gasteiger charge is -2.20. The molecule has 0 fully saturated rings. The number of nitriles is 1. The molecule has 1 amide bonds. The summed E-state index contributed by atoms with van der Waals surface area (Å²) in [5.41, 5.74) is 3.15. The van der Waals surface area contributed by atoms with E-state index < -0.39 is 0 Å². The van der Waals surface area contributed by atoms with E-state index in [1.54, 1.807) is 35.2 Å². The molecule has 1 heterocycles. The lowest BCUT2D eigenvalue weighted by atomic mass is 10.1. The third kappa shape index (κ3) is 5.15. The Morgan fingerprint density at radius 2 is 1.86 bits per heavy atom. The van der Waals surface area contributed by atoms with Gasteiger partial charge in [-0.15, -0.1) is 17.9 Å². The average molecular weight is 405 g/mol. The largest absolute Gasteiger partial charge is 0.330 e. The van der Waals surface area contributed by atoms with Gasteiger partial charge >= 0.3 is 0 Å². The Kier molecular flexibility index (Phi) is 6.53. The average Bonchev–Trinajstić information content (AvgIpc) is 3.09. The molecule has 1 aromatic heterocycles. The quantitative estimate of drug-likeness (QED) is 0.526. The highest BCUT2D eigenvalue weighted by Gasteiger charge is 2.21. The number of rotatable bonds is 7. The summed E-state index contributed by atoms with van der Waals surface area (Å²) in [6.45, 7) is 6.41.